The second-order valence-electron chi connectivity index (χ2n) is 6.07. The first-order chi connectivity index (χ1) is 12.2. The molecule has 0 amide bonds. The van der Waals surface area contributed by atoms with Crippen LogP contribution in [0.25, 0.3) is 11.0 Å². The molecule has 130 valence electrons. The molecule has 1 aliphatic heterocycles. The molecule has 0 radical (unpaired) electrons. The van der Waals surface area contributed by atoms with E-state index in [1.807, 2.05) is 49.4 Å². The highest BCUT2D eigenvalue weighted by Gasteiger charge is 2.41. The summed E-state index contributed by atoms with van der Waals surface area (Å²) in [6, 6.07) is 13.3. The molecule has 0 aliphatic carbocycles. The minimum absolute atomic E-state index is 0.283. The van der Waals surface area contributed by atoms with Crippen molar-refractivity contribution in [2.45, 2.75) is 18.8 Å². The molecule has 0 saturated carbocycles. The average Bonchev–Trinajstić information content (AvgIpc) is 3.26. The molecule has 3 aromatic rings. The molecule has 6 nitrogen and oxygen atoms in total. The van der Waals surface area contributed by atoms with E-state index in [4.69, 9.17) is 18.6 Å². The summed E-state index contributed by atoms with van der Waals surface area (Å²) in [5.74, 6) is 0.405. The highest BCUT2D eigenvalue weighted by molar-refractivity contribution is 5.80. The number of nitrogens with zero attached hydrogens (tertiary/aromatic N) is 1. The van der Waals surface area contributed by atoms with Crippen LogP contribution < -0.4 is 10.1 Å². The SMILES string of the molecule is COc1ccc(C(Nc2cc3ccccc3o2)C2(C)OCCO2)cn1. The Bertz CT molecular complexity index is 820. The summed E-state index contributed by atoms with van der Waals surface area (Å²) in [6.07, 6.45) is 1.76. The maximum absolute atomic E-state index is 5.90. The van der Waals surface area contributed by atoms with Gasteiger partial charge in [0.05, 0.1) is 20.3 Å². The van der Waals surface area contributed by atoms with Crippen LogP contribution in [0.15, 0.2) is 53.1 Å². The number of furan rings is 1. The number of benzene rings is 1. The van der Waals surface area contributed by atoms with E-state index < -0.39 is 5.79 Å². The summed E-state index contributed by atoms with van der Waals surface area (Å²) >= 11 is 0. The first-order valence-corrected chi connectivity index (χ1v) is 8.21. The Hall–Kier alpha value is -2.57. The highest BCUT2D eigenvalue weighted by atomic mass is 16.7. The molecule has 4 rings (SSSR count). The zero-order chi connectivity index (χ0) is 17.3. The van der Waals surface area contributed by atoms with E-state index in [1.165, 1.54) is 0 Å². The first-order valence-electron chi connectivity index (χ1n) is 8.21. The third kappa shape index (κ3) is 3.06. The standard InChI is InChI=1S/C19H20N2O4/c1-19(23-9-10-24-19)18(14-7-8-16(22-2)20-12-14)21-17-11-13-5-3-4-6-15(13)25-17/h3-8,11-12,18,21H,9-10H2,1-2H3. The molecule has 1 unspecified atom stereocenters. The number of hydrogen-bond donors (Lipinski definition) is 1. The molecule has 0 spiro atoms. The summed E-state index contributed by atoms with van der Waals surface area (Å²) in [5, 5.41) is 4.44. The van der Waals surface area contributed by atoms with Crippen molar-refractivity contribution in [1.82, 2.24) is 4.98 Å². The van der Waals surface area contributed by atoms with E-state index in [0.717, 1.165) is 16.5 Å². The molecule has 3 heterocycles. The van der Waals surface area contributed by atoms with Gasteiger partial charge in [0, 0.05) is 23.7 Å². The maximum Gasteiger partial charge on any atom is 0.212 e. The molecule has 2 aromatic heterocycles. The number of aromatic nitrogens is 1. The van der Waals surface area contributed by atoms with Gasteiger partial charge in [-0.1, -0.05) is 18.2 Å². The third-order valence-corrected chi connectivity index (χ3v) is 4.40. The van der Waals surface area contributed by atoms with Crippen molar-refractivity contribution in [3.63, 3.8) is 0 Å². The predicted octanol–water partition coefficient (Wildman–Crippen LogP) is 3.75. The molecule has 6 heteroatoms. The smallest absolute Gasteiger partial charge is 0.212 e. The molecular weight excluding hydrogens is 320 g/mol. The Morgan fingerprint density at radius 2 is 1.96 bits per heavy atom. The van der Waals surface area contributed by atoms with Gasteiger partial charge in [0.1, 0.15) is 11.6 Å². The Morgan fingerprint density at radius 3 is 2.64 bits per heavy atom. The summed E-state index contributed by atoms with van der Waals surface area (Å²) in [7, 11) is 1.59. The van der Waals surface area contributed by atoms with Gasteiger partial charge in [-0.2, -0.15) is 0 Å². The number of methoxy groups -OCH3 is 1. The van der Waals surface area contributed by atoms with Crippen LogP contribution in [-0.4, -0.2) is 31.1 Å². The van der Waals surface area contributed by atoms with Crippen molar-refractivity contribution in [2.75, 3.05) is 25.6 Å². The summed E-state index contributed by atoms with van der Waals surface area (Å²) in [5.41, 5.74) is 1.75. The average molecular weight is 340 g/mol. The van der Waals surface area contributed by atoms with Gasteiger partial charge in [-0.25, -0.2) is 4.98 Å². The number of nitrogens with one attached hydrogen (secondary N) is 1. The quantitative estimate of drug-likeness (QED) is 0.763. The van der Waals surface area contributed by atoms with Crippen LogP contribution >= 0.6 is 0 Å². The molecule has 1 aromatic carbocycles. The van der Waals surface area contributed by atoms with Gasteiger partial charge in [-0.05, 0) is 24.6 Å². The highest BCUT2D eigenvalue weighted by Crippen LogP contribution is 2.37. The fourth-order valence-corrected chi connectivity index (χ4v) is 3.09. The van der Waals surface area contributed by atoms with Crippen LogP contribution in [0, 0.1) is 0 Å². The van der Waals surface area contributed by atoms with Gasteiger partial charge >= 0.3 is 0 Å². The van der Waals surface area contributed by atoms with Crippen LogP contribution in [0.1, 0.15) is 18.5 Å². The number of hydrogen-bond acceptors (Lipinski definition) is 6. The van der Waals surface area contributed by atoms with Crippen LogP contribution in [0.5, 0.6) is 5.88 Å². The van der Waals surface area contributed by atoms with E-state index in [1.54, 1.807) is 13.3 Å². The number of pyridine rings is 1. The van der Waals surface area contributed by atoms with E-state index in [2.05, 4.69) is 10.3 Å². The van der Waals surface area contributed by atoms with Crippen molar-refractivity contribution in [2.24, 2.45) is 0 Å². The topological polar surface area (TPSA) is 65.8 Å². The molecule has 1 aliphatic rings. The van der Waals surface area contributed by atoms with Gasteiger partial charge in [-0.15, -0.1) is 0 Å². The second kappa shape index (κ2) is 6.38. The molecule has 1 saturated heterocycles. The monoisotopic (exact) mass is 340 g/mol. The van der Waals surface area contributed by atoms with Crippen LogP contribution in [0.3, 0.4) is 0 Å². The van der Waals surface area contributed by atoms with Gasteiger partial charge < -0.3 is 23.9 Å². The third-order valence-electron chi connectivity index (χ3n) is 4.40. The lowest BCUT2D eigenvalue weighted by Crippen LogP contribution is -2.38. The molecule has 1 fully saturated rings. The fourth-order valence-electron chi connectivity index (χ4n) is 3.09. The Kier molecular flexibility index (Phi) is 4.07. The van der Waals surface area contributed by atoms with E-state index >= 15 is 0 Å². The van der Waals surface area contributed by atoms with Crippen LogP contribution in [0.2, 0.25) is 0 Å². The summed E-state index contributed by atoms with van der Waals surface area (Å²) in [4.78, 5) is 4.30. The zero-order valence-corrected chi connectivity index (χ0v) is 14.2. The van der Waals surface area contributed by atoms with Crippen LogP contribution in [0.4, 0.5) is 5.88 Å². The van der Waals surface area contributed by atoms with Gasteiger partial charge in [0.2, 0.25) is 5.88 Å². The molecule has 25 heavy (non-hydrogen) atoms. The zero-order valence-electron chi connectivity index (χ0n) is 14.2. The fraction of sp³-hybridized carbons (Fsp3) is 0.316. The lowest BCUT2D eigenvalue weighted by Gasteiger charge is -2.32. The van der Waals surface area contributed by atoms with Crippen molar-refractivity contribution in [1.29, 1.82) is 0 Å². The van der Waals surface area contributed by atoms with Crippen molar-refractivity contribution in [3.05, 3.63) is 54.2 Å². The van der Waals surface area contributed by atoms with Crippen molar-refractivity contribution >= 4 is 16.9 Å². The summed E-state index contributed by atoms with van der Waals surface area (Å²) in [6.45, 7) is 3.03. The Morgan fingerprint density at radius 1 is 1.16 bits per heavy atom. The lowest BCUT2D eigenvalue weighted by atomic mass is 10.0. The van der Waals surface area contributed by atoms with Crippen LogP contribution in [-0.2, 0) is 9.47 Å². The molecule has 1 N–H and O–H groups in total. The number of anilines is 1. The number of para-hydroxylation sites is 1. The molecular formula is C19H20N2O4. The number of rotatable bonds is 5. The Balaban J connectivity index is 1.69. The largest absolute Gasteiger partial charge is 0.481 e. The molecule has 0 bridgehead atoms. The van der Waals surface area contributed by atoms with E-state index in [0.29, 0.717) is 25.0 Å². The van der Waals surface area contributed by atoms with E-state index in [-0.39, 0.29) is 6.04 Å². The van der Waals surface area contributed by atoms with Gasteiger partial charge in [-0.3, -0.25) is 0 Å². The second-order valence-corrected chi connectivity index (χ2v) is 6.07. The maximum atomic E-state index is 5.90. The summed E-state index contributed by atoms with van der Waals surface area (Å²) < 4.78 is 22.8. The first kappa shape index (κ1) is 15.9. The van der Waals surface area contributed by atoms with Gasteiger partial charge in [0.15, 0.2) is 11.7 Å². The number of fused-ring (bicyclic) bond motifs is 1. The predicted molar refractivity (Wildman–Crippen MR) is 93.7 cm³/mol. The van der Waals surface area contributed by atoms with E-state index in [9.17, 15) is 0 Å². The normalized spacial score (nSPS) is 17.5. The van der Waals surface area contributed by atoms with Crippen molar-refractivity contribution < 1.29 is 18.6 Å². The minimum atomic E-state index is -0.810. The van der Waals surface area contributed by atoms with Crippen molar-refractivity contribution in [3.8, 4) is 5.88 Å². The van der Waals surface area contributed by atoms with Gasteiger partial charge in [0.25, 0.3) is 0 Å². The number of ether oxygens (including phenoxy) is 3. The molecule has 1 atom stereocenters. The minimum Gasteiger partial charge on any atom is -0.481 e. The Labute approximate surface area is 145 Å². The lowest BCUT2D eigenvalue weighted by molar-refractivity contribution is -0.155.